The Labute approximate surface area is 116 Å². The summed E-state index contributed by atoms with van der Waals surface area (Å²) in [6.07, 6.45) is 0.476. The van der Waals surface area contributed by atoms with Gasteiger partial charge in [0.2, 0.25) is 10.0 Å². The number of aryl methyl sites for hydroxylation is 1. The molecule has 0 fully saturated rings. The van der Waals surface area contributed by atoms with E-state index < -0.39 is 10.0 Å². The van der Waals surface area contributed by atoms with Crippen molar-refractivity contribution in [1.29, 1.82) is 0 Å². The molecular formula is C12H13ClN2O3S. The first-order chi connectivity index (χ1) is 8.97. The molecule has 1 N–H and O–H groups in total. The largest absolute Gasteiger partial charge is 0.361 e. The van der Waals surface area contributed by atoms with Crippen LogP contribution in [0.15, 0.2) is 39.8 Å². The maximum absolute atomic E-state index is 11.9. The number of aromatic nitrogens is 1. The lowest BCUT2D eigenvalue weighted by Gasteiger charge is -2.05. The number of benzene rings is 1. The molecular weight excluding hydrogens is 288 g/mol. The predicted molar refractivity (Wildman–Crippen MR) is 71.6 cm³/mol. The number of hydrogen-bond donors (Lipinski definition) is 1. The third-order valence-electron chi connectivity index (χ3n) is 2.47. The highest BCUT2D eigenvalue weighted by molar-refractivity contribution is 7.89. The fraction of sp³-hybridized carbons (Fsp3) is 0.250. The van der Waals surface area contributed by atoms with Crippen LogP contribution in [0.1, 0.15) is 11.5 Å². The molecule has 0 radical (unpaired) electrons. The van der Waals surface area contributed by atoms with Crippen molar-refractivity contribution in [2.24, 2.45) is 0 Å². The molecule has 0 amide bonds. The van der Waals surface area contributed by atoms with Gasteiger partial charge in [-0.05, 0) is 31.2 Å². The van der Waals surface area contributed by atoms with Crippen molar-refractivity contribution in [2.45, 2.75) is 18.2 Å². The Balaban J connectivity index is 1.96. The monoisotopic (exact) mass is 300 g/mol. The van der Waals surface area contributed by atoms with Gasteiger partial charge in [-0.1, -0.05) is 16.8 Å². The van der Waals surface area contributed by atoms with E-state index in [1.807, 2.05) is 0 Å². The molecule has 0 spiro atoms. The summed E-state index contributed by atoms with van der Waals surface area (Å²) in [6.45, 7) is 2.05. The van der Waals surface area contributed by atoms with Crippen molar-refractivity contribution in [3.8, 4) is 0 Å². The van der Waals surface area contributed by atoms with Crippen molar-refractivity contribution in [2.75, 3.05) is 6.54 Å². The van der Waals surface area contributed by atoms with Gasteiger partial charge in [-0.25, -0.2) is 13.1 Å². The quantitative estimate of drug-likeness (QED) is 0.918. The lowest BCUT2D eigenvalue weighted by atomic mass is 10.3. The summed E-state index contributed by atoms with van der Waals surface area (Å²) < 4.78 is 31.3. The van der Waals surface area contributed by atoms with E-state index in [-0.39, 0.29) is 11.4 Å². The second kappa shape index (κ2) is 5.73. The second-order valence-electron chi connectivity index (χ2n) is 4.03. The summed E-state index contributed by atoms with van der Waals surface area (Å²) in [7, 11) is -3.51. The minimum Gasteiger partial charge on any atom is -0.361 e. The van der Waals surface area contributed by atoms with Gasteiger partial charge in [0.05, 0.1) is 10.6 Å². The first-order valence-electron chi connectivity index (χ1n) is 5.65. The zero-order valence-electron chi connectivity index (χ0n) is 10.3. The number of nitrogens with zero attached hydrogens (tertiary/aromatic N) is 1. The van der Waals surface area contributed by atoms with Gasteiger partial charge in [0, 0.05) is 24.1 Å². The molecule has 102 valence electrons. The van der Waals surface area contributed by atoms with E-state index in [0.717, 1.165) is 5.69 Å². The molecule has 0 aliphatic heterocycles. The molecule has 1 aromatic heterocycles. The molecule has 0 aliphatic rings. The molecule has 19 heavy (non-hydrogen) atoms. The average Bonchev–Trinajstić information content (AvgIpc) is 2.75. The van der Waals surface area contributed by atoms with Gasteiger partial charge in [-0.3, -0.25) is 0 Å². The maximum Gasteiger partial charge on any atom is 0.240 e. The average molecular weight is 301 g/mol. The van der Waals surface area contributed by atoms with Crippen molar-refractivity contribution in [1.82, 2.24) is 9.88 Å². The van der Waals surface area contributed by atoms with Gasteiger partial charge in [-0.2, -0.15) is 0 Å². The summed E-state index contributed by atoms with van der Waals surface area (Å²) in [5.74, 6) is 0.704. The first kappa shape index (κ1) is 14.0. The topological polar surface area (TPSA) is 72.2 Å². The van der Waals surface area contributed by atoms with E-state index in [1.165, 1.54) is 24.3 Å². The van der Waals surface area contributed by atoms with Gasteiger partial charge in [0.1, 0.15) is 5.76 Å². The van der Waals surface area contributed by atoms with E-state index in [1.54, 1.807) is 13.0 Å². The van der Waals surface area contributed by atoms with Gasteiger partial charge < -0.3 is 4.52 Å². The van der Waals surface area contributed by atoms with Gasteiger partial charge >= 0.3 is 0 Å². The summed E-state index contributed by atoms with van der Waals surface area (Å²) >= 11 is 5.71. The molecule has 2 rings (SSSR count). The fourth-order valence-corrected chi connectivity index (χ4v) is 2.70. The van der Waals surface area contributed by atoms with Crippen LogP contribution in [0.5, 0.6) is 0 Å². The minimum atomic E-state index is -3.51. The smallest absolute Gasteiger partial charge is 0.240 e. The highest BCUT2D eigenvalue weighted by Crippen LogP contribution is 2.13. The third kappa shape index (κ3) is 3.79. The van der Waals surface area contributed by atoms with Crippen molar-refractivity contribution >= 4 is 21.6 Å². The normalized spacial score (nSPS) is 11.7. The van der Waals surface area contributed by atoms with E-state index in [0.29, 0.717) is 17.2 Å². The van der Waals surface area contributed by atoms with Crippen molar-refractivity contribution in [3.63, 3.8) is 0 Å². The van der Waals surface area contributed by atoms with Gasteiger partial charge in [0.15, 0.2) is 0 Å². The van der Waals surface area contributed by atoms with Crippen LogP contribution in [-0.4, -0.2) is 20.1 Å². The Bertz CT molecular complexity index is 650. The Hall–Kier alpha value is -1.37. The van der Waals surface area contributed by atoms with Crippen LogP contribution >= 0.6 is 11.6 Å². The Morgan fingerprint density at radius 1 is 1.32 bits per heavy atom. The standard InChI is InChI=1S/C12H13ClN2O3S/c1-9-8-11(15-18-9)6-7-14-19(16,17)12-4-2-10(13)3-5-12/h2-5,8,14H,6-7H2,1H3. The summed E-state index contributed by atoms with van der Waals surface area (Å²) in [5.41, 5.74) is 0.719. The Morgan fingerprint density at radius 2 is 2.00 bits per heavy atom. The van der Waals surface area contributed by atoms with Crippen LogP contribution < -0.4 is 4.72 Å². The van der Waals surface area contributed by atoms with E-state index in [4.69, 9.17) is 16.1 Å². The number of sulfonamides is 1. The van der Waals surface area contributed by atoms with Crippen LogP contribution in [0.4, 0.5) is 0 Å². The van der Waals surface area contributed by atoms with E-state index >= 15 is 0 Å². The highest BCUT2D eigenvalue weighted by atomic mass is 35.5. The van der Waals surface area contributed by atoms with Gasteiger partial charge in [-0.15, -0.1) is 0 Å². The molecule has 0 unspecified atom stereocenters. The van der Waals surface area contributed by atoms with Crippen LogP contribution in [0, 0.1) is 6.92 Å². The summed E-state index contributed by atoms with van der Waals surface area (Å²) in [6, 6.07) is 7.78. The molecule has 0 bridgehead atoms. The Morgan fingerprint density at radius 3 is 2.58 bits per heavy atom. The van der Waals surface area contributed by atoms with Crippen LogP contribution in [0.2, 0.25) is 5.02 Å². The zero-order chi connectivity index (χ0) is 13.9. The van der Waals surface area contributed by atoms with Crippen LogP contribution in [0.25, 0.3) is 0 Å². The molecule has 0 aliphatic carbocycles. The van der Waals surface area contributed by atoms with Crippen molar-refractivity contribution < 1.29 is 12.9 Å². The predicted octanol–water partition coefficient (Wildman–Crippen LogP) is 2.16. The van der Waals surface area contributed by atoms with Gasteiger partial charge in [0.25, 0.3) is 0 Å². The van der Waals surface area contributed by atoms with Crippen molar-refractivity contribution in [3.05, 3.63) is 46.8 Å². The Kier molecular flexibility index (Phi) is 4.24. The number of nitrogens with one attached hydrogen (secondary N) is 1. The maximum atomic E-state index is 11.9. The molecule has 0 atom stereocenters. The minimum absolute atomic E-state index is 0.188. The number of rotatable bonds is 5. The SMILES string of the molecule is Cc1cc(CCNS(=O)(=O)c2ccc(Cl)cc2)no1. The summed E-state index contributed by atoms with van der Waals surface area (Å²) in [5, 5.41) is 4.29. The molecule has 5 nitrogen and oxygen atoms in total. The molecule has 0 saturated heterocycles. The lowest BCUT2D eigenvalue weighted by Crippen LogP contribution is -2.26. The van der Waals surface area contributed by atoms with E-state index in [9.17, 15) is 8.42 Å². The summed E-state index contributed by atoms with van der Waals surface area (Å²) in [4.78, 5) is 0.188. The zero-order valence-corrected chi connectivity index (χ0v) is 11.8. The lowest BCUT2D eigenvalue weighted by molar-refractivity contribution is 0.390. The molecule has 0 saturated carbocycles. The first-order valence-corrected chi connectivity index (χ1v) is 7.51. The molecule has 7 heteroatoms. The number of halogens is 1. The molecule has 2 aromatic rings. The third-order valence-corrected chi connectivity index (χ3v) is 4.20. The van der Waals surface area contributed by atoms with E-state index in [2.05, 4.69) is 9.88 Å². The highest BCUT2D eigenvalue weighted by Gasteiger charge is 2.13. The molecule has 1 heterocycles. The second-order valence-corrected chi connectivity index (χ2v) is 6.23. The fourth-order valence-electron chi connectivity index (χ4n) is 1.55. The number of hydrogen-bond acceptors (Lipinski definition) is 4. The van der Waals surface area contributed by atoms with Crippen LogP contribution in [0.3, 0.4) is 0 Å². The van der Waals surface area contributed by atoms with Crippen LogP contribution in [-0.2, 0) is 16.4 Å². The molecule has 1 aromatic carbocycles.